The minimum atomic E-state index is -0.691. The molecular weight excluding hydrogens is 296 g/mol. The summed E-state index contributed by atoms with van der Waals surface area (Å²) in [7, 11) is 0. The van der Waals surface area contributed by atoms with Crippen LogP contribution in [0, 0.1) is 10.1 Å². The molecule has 0 spiro atoms. The smallest absolute Gasteiger partial charge is 0.407 e. The van der Waals surface area contributed by atoms with Gasteiger partial charge >= 0.3 is 6.09 Å². The summed E-state index contributed by atoms with van der Waals surface area (Å²) >= 11 is 0. The first-order valence-electron chi connectivity index (χ1n) is 6.17. The van der Waals surface area contributed by atoms with Gasteiger partial charge in [-0.25, -0.2) is 4.79 Å². The van der Waals surface area contributed by atoms with Gasteiger partial charge in [0.15, 0.2) is 0 Å². The van der Waals surface area contributed by atoms with Crippen LogP contribution in [0.1, 0.15) is 0 Å². The van der Waals surface area contributed by atoms with E-state index in [9.17, 15) is 14.9 Å². The van der Waals surface area contributed by atoms with E-state index in [1.165, 1.54) is 12.1 Å². The molecule has 0 saturated carbocycles. The number of amides is 1. The number of nitro groups is 1. The Morgan fingerprint density at radius 2 is 2.27 bits per heavy atom. The van der Waals surface area contributed by atoms with Crippen molar-refractivity contribution < 1.29 is 19.6 Å². The van der Waals surface area contributed by atoms with Crippen molar-refractivity contribution in [1.82, 2.24) is 5.32 Å². The van der Waals surface area contributed by atoms with E-state index in [2.05, 4.69) is 20.7 Å². The topological polar surface area (TPSA) is 162 Å². The lowest BCUT2D eigenvalue weighted by Crippen LogP contribution is -2.28. The van der Waals surface area contributed by atoms with E-state index in [0.29, 0.717) is 0 Å². The number of rotatable bonds is 8. The largest absolute Gasteiger partial charge is 0.448 e. The first-order valence-corrected chi connectivity index (χ1v) is 6.17. The molecule has 22 heavy (non-hydrogen) atoms. The maximum Gasteiger partial charge on any atom is 0.407 e. The zero-order valence-corrected chi connectivity index (χ0v) is 11.4. The molecule has 3 N–H and O–H groups in total. The number of benzene rings is 1. The Labute approximate surface area is 124 Å². The van der Waals surface area contributed by atoms with Crippen LogP contribution in [0.15, 0.2) is 23.3 Å². The number of anilines is 1. The molecule has 0 fully saturated rings. The summed E-state index contributed by atoms with van der Waals surface area (Å²) in [6.07, 6.45) is -0.691. The molecule has 0 atom stereocenters. The van der Waals surface area contributed by atoms with Crippen molar-refractivity contribution in [2.24, 2.45) is 5.11 Å². The Hall–Kier alpha value is -3.04. The molecule has 0 heterocycles. The molecular formula is C11H14N6O5. The Morgan fingerprint density at radius 3 is 2.91 bits per heavy atom. The quantitative estimate of drug-likeness (QED) is 0.165. The van der Waals surface area contributed by atoms with Gasteiger partial charge in [-0.3, -0.25) is 10.1 Å². The summed E-state index contributed by atoms with van der Waals surface area (Å²) in [5.74, 6) is 0. The van der Waals surface area contributed by atoms with Crippen LogP contribution in [0.5, 0.6) is 0 Å². The maximum atomic E-state index is 11.1. The second-order valence-electron chi connectivity index (χ2n) is 3.86. The van der Waals surface area contributed by atoms with Gasteiger partial charge in [0.25, 0.3) is 5.69 Å². The second-order valence-corrected chi connectivity index (χ2v) is 3.86. The summed E-state index contributed by atoms with van der Waals surface area (Å²) < 4.78 is 4.77. The lowest BCUT2D eigenvalue weighted by atomic mass is 10.2. The van der Waals surface area contributed by atoms with Crippen LogP contribution < -0.4 is 10.6 Å². The van der Waals surface area contributed by atoms with Crippen LogP contribution in [0.3, 0.4) is 0 Å². The van der Waals surface area contributed by atoms with Crippen molar-refractivity contribution in [2.45, 2.75) is 0 Å². The van der Waals surface area contributed by atoms with Crippen molar-refractivity contribution in [2.75, 3.05) is 31.6 Å². The molecule has 1 aromatic rings. The number of hydrogen-bond donors (Lipinski definition) is 3. The van der Waals surface area contributed by atoms with Gasteiger partial charge in [0.05, 0.1) is 11.5 Å². The van der Waals surface area contributed by atoms with E-state index in [4.69, 9.17) is 15.4 Å². The minimum Gasteiger partial charge on any atom is -0.448 e. The zero-order chi connectivity index (χ0) is 16.4. The van der Waals surface area contributed by atoms with Crippen LogP contribution >= 0.6 is 0 Å². The van der Waals surface area contributed by atoms with Gasteiger partial charge in [0.2, 0.25) is 0 Å². The number of carbonyl (C=O) groups excluding carboxylic acids is 1. The number of carbonyl (C=O) groups is 1. The number of aliphatic hydroxyl groups excluding tert-OH is 1. The van der Waals surface area contributed by atoms with Crippen molar-refractivity contribution in [3.8, 4) is 0 Å². The molecule has 1 aromatic carbocycles. The van der Waals surface area contributed by atoms with Gasteiger partial charge in [-0.1, -0.05) is 11.2 Å². The van der Waals surface area contributed by atoms with E-state index >= 15 is 0 Å². The van der Waals surface area contributed by atoms with Gasteiger partial charge in [0, 0.05) is 29.8 Å². The van der Waals surface area contributed by atoms with Crippen LogP contribution in [0.2, 0.25) is 0 Å². The van der Waals surface area contributed by atoms with Crippen LogP contribution in [0.4, 0.5) is 21.9 Å². The number of nitrogens with zero attached hydrogens (tertiary/aromatic N) is 4. The molecule has 1 amide bonds. The molecule has 118 valence electrons. The second kappa shape index (κ2) is 9.00. The maximum absolute atomic E-state index is 11.1. The van der Waals surface area contributed by atoms with Gasteiger partial charge in [-0.05, 0) is 11.6 Å². The minimum absolute atomic E-state index is 0.0213. The van der Waals surface area contributed by atoms with Crippen LogP contribution in [0.25, 0.3) is 10.4 Å². The number of ether oxygens (including phenoxy) is 1. The average molecular weight is 310 g/mol. The lowest BCUT2D eigenvalue weighted by molar-refractivity contribution is -0.383. The predicted octanol–water partition coefficient (Wildman–Crippen LogP) is 1.67. The first-order chi connectivity index (χ1) is 10.6. The van der Waals surface area contributed by atoms with Crippen LogP contribution in [-0.4, -0.2) is 42.4 Å². The number of alkyl carbamates (subject to hydrolysis) is 1. The number of hydrogen-bond acceptors (Lipinski definition) is 7. The number of nitrogens with one attached hydrogen (secondary N) is 2. The highest BCUT2D eigenvalue weighted by Gasteiger charge is 2.14. The summed E-state index contributed by atoms with van der Waals surface area (Å²) in [6, 6.07) is 3.95. The molecule has 11 nitrogen and oxygen atoms in total. The molecule has 0 aliphatic heterocycles. The van der Waals surface area contributed by atoms with E-state index in [0.717, 1.165) is 6.07 Å². The highest BCUT2D eigenvalue weighted by molar-refractivity contribution is 5.68. The summed E-state index contributed by atoms with van der Waals surface area (Å²) in [6.45, 7) is 0.0104. The van der Waals surface area contributed by atoms with E-state index < -0.39 is 11.0 Å². The lowest BCUT2D eigenvalue weighted by Gasteiger charge is -2.09. The molecule has 0 saturated heterocycles. The molecule has 1 rings (SSSR count). The van der Waals surface area contributed by atoms with Crippen molar-refractivity contribution in [1.29, 1.82) is 0 Å². The Bertz CT molecular complexity index is 586. The zero-order valence-electron chi connectivity index (χ0n) is 11.4. The molecule has 0 aliphatic carbocycles. The van der Waals surface area contributed by atoms with Gasteiger partial charge in [-0.2, -0.15) is 0 Å². The Balaban J connectivity index is 2.56. The van der Waals surface area contributed by atoms with Crippen molar-refractivity contribution in [3.63, 3.8) is 0 Å². The number of azide groups is 1. The summed E-state index contributed by atoms with van der Waals surface area (Å²) in [5, 5.41) is 27.8. The Kier molecular flexibility index (Phi) is 6.96. The van der Waals surface area contributed by atoms with E-state index in [1.807, 2.05) is 0 Å². The predicted molar refractivity (Wildman–Crippen MR) is 76.8 cm³/mol. The van der Waals surface area contributed by atoms with Gasteiger partial charge in [-0.15, -0.1) is 0 Å². The first kappa shape index (κ1) is 17.0. The summed E-state index contributed by atoms with van der Waals surface area (Å²) in [5.41, 5.74) is 8.39. The molecule has 0 aliphatic rings. The molecule has 11 heteroatoms. The fourth-order valence-electron chi connectivity index (χ4n) is 1.47. The fraction of sp³-hybridized carbons (Fsp3) is 0.364. The highest BCUT2D eigenvalue weighted by Crippen LogP contribution is 2.29. The summed E-state index contributed by atoms with van der Waals surface area (Å²) in [4.78, 5) is 24.0. The molecule has 0 radical (unpaired) electrons. The fourth-order valence-corrected chi connectivity index (χ4v) is 1.47. The third kappa shape index (κ3) is 5.53. The molecule has 0 bridgehead atoms. The van der Waals surface area contributed by atoms with Gasteiger partial charge < -0.3 is 20.5 Å². The molecule has 0 unspecified atom stereocenters. The molecule has 0 aromatic heterocycles. The van der Waals surface area contributed by atoms with Crippen LogP contribution in [-0.2, 0) is 4.74 Å². The average Bonchev–Trinajstić information content (AvgIpc) is 2.50. The third-order valence-corrected chi connectivity index (χ3v) is 2.37. The number of aliphatic hydroxyl groups is 1. The monoisotopic (exact) mass is 310 g/mol. The normalized spacial score (nSPS) is 9.50. The van der Waals surface area contributed by atoms with E-state index in [-0.39, 0.29) is 43.4 Å². The van der Waals surface area contributed by atoms with E-state index in [1.54, 1.807) is 0 Å². The SMILES string of the molecule is [N-]=[N+]=Nc1ccc(NCCOC(=O)NCCO)c([N+](=O)[O-])c1. The van der Waals surface area contributed by atoms with Gasteiger partial charge in [0.1, 0.15) is 12.3 Å². The van der Waals surface area contributed by atoms with Crippen molar-refractivity contribution >= 4 is 23.2 Å². The highest BCUT2D eigenvalue weighted by atomic mass is 16.6. The Morgan fingerprint density at radius 1 is 1.50 bits per heavy atom. The van der Waals surface area contributed by atoms with Crippen molar-refractivity contribution in [3.05, 3.63) is 38.8 Å². The standard InChI is InChI=1S/C11H14N6O5/c12-16-15-8-1-2-9(10(7-8)17(20)21)13-4-6-22-11(19)14-3-5-18/h1-2,7,13,18H,3-6H2,(H,14,19). The number of nitro benzene ring substituents is 1. The third-order valence-electron chi connectivity index (χ3n) is 2.37.